The lowest BCUT2D eigenvalue weighted by Crippen LogP contribution is -2.02. The van der Waals surface area contributed by atoms with Crippen molar-refractivity contribution in [2.75, 3.05) is 6.54 Å². The monoisotopic (exact) mass is 173 g/mol. The van der Waals surface area contributed by atoms with Crippen molar-refractivity contribution in [3.63, 3.8) is 0 Å². The molecule has 0 aliphatic rings. The second-order valence-corrected chi connectivity index (χ2v) is 2.75. The fourth-order valence-electron chi connectivity index (χ4n) is 0.922. The Labute approximate surface area is 70.0 Å². The molecule has 0 amide bonds. The Hall–Kier alpha value is -0.600. The van der Waals surface area contributed by atoms with Crippen LogP contribution in [-0.4, -0.2) is 6.54 Å². The topological polar surface area (TPSA) is 26.0 Å². The smallest absolute Gasteiger partial charge is 0.124 e. The summed E-state index contributed by atoms with van der Waals surface area (Å²) in [6.07, 6.45) is 0.664. The van der Waals surface area contributed by atoms with E-state index in [0.29, 0.717) is 18.0 Å². The predicted molar refractivity (Wildman–Crippen MR) is 44.2 cm³/mol. The van der Waals surface area contributed by atoms with Gasteiger partial charge in [0.2, 0.25) is 0 Å². The summed E-state index contributed by atoms with van der Waals surface area (Å²) in [6.45, 7) is 0.514. The Bertz CT molecular complexity index is 230. The van der Waals surface area contributed by atoms with E-state index < -0.39 is 0 Å². The van der Waals surface area contributed by atoms with Gasteiger partial charge in [0.25, 0.3) is 0 Å². The molecule has 1 rings (SSSR count). The molecule has 0 aliphatic heterocycles. The van der Waals surface area contributed by atoms with Crippen LogP contribution in [0.3, 0.4) is 0 Å². The Balaban J connectivity index is 2.89. The number of rotatable bonds is 2. The molecule has 0 aliphatic carbocycles. The lowest BCUT2D eigenvalue weighted by molar-refractivity contribution is 0.625. The number of halogens is 2. The summed E-state index contributed by atoms with van der Waals surface area (Å²) in [5.41, 5.74) is 6.14. The molecule has 0 spiro atoms. The summed E-state index contributed by atoms with van der Waals surface area (Å²) >= 11 is 5.61. The maximum absolute atomic E-state index is 12.6. The third-order valence-corrected chi connectivity index (χ3v) is 1.57. The first-order valence-corrected chi connectivity index (χ1v) is 3.75. The van der Waals surface area contributed by atoms with Gasteiger partial charge in [-0.2, -0.15) is 0 Å². The molecule has 0 saturated heterocycles. The summed E-state index contributed by atoms with van der Waals surface area (Å²) in [4.78, 5) is 0. The summed E-state index contributed by atoms with van der Waals surface area (Å²) < 4.78 is 12.6. The van der Waals surface area contributed by atoms with E-state index in [4.69, 9.17) is 17.3 Å². The van der Waals surface area contributed by atoms with Crippen molar-refractivity contribution in [1.29, 1.82) is 0 Å². The lowest BCUT2D eigenvalue weighted by atomic mass is 10.1. The minimum atomic E-state index is -0.305. The second kappa shape index (κ2) is 3.69. The first-order chi connectivity index (χ1) is 5.22. The molecule has 0 aromatic heterocycles. The molecule has 1 aromatic carbocycles. The minimum absolute atomic E-state index is 0.305. The van der Waals surface area contributed by atoms with Crippen molar-refractivity contribution in [2.24, 2.45) is 5.73 Å². The Morgan fingerprint density at radius 1 is 1.36 bits per heavy atom. The van der Waals surface area contributed by atoms with Gasteiger partial charge < -0.3 is 5.73 Å². The van der Waals surface area contributed by atoms with Gasteiger partial charge in [0.05, 0.1) is 0 Å². The normalized spacial score (nSPS) is 10.1. The van der Waals surface area contributed by atoms with E-state index in [1.165, 1.54) is 12.1 Å². The Morgan fingerprint density at radius 2 is 2.09 bits per heavy atom. The van der Waals surface area contributed by atoms with Crippen LogP contribution in [-0.2, 0) is 6.42 Å². The van der Waals surface area contributed by atoms with Crippen LogP contribution in [0.5, 0.6) is 0 Å². The van der Waals surface area contributed by atoms with Crippen molar-refractivity contribution < 1.29 is 4.39 Å². The molecule has 0 radical (unpaired) electrons. The fourth-order valence-corrected chi connectivity index (χ4v) is 1.17. The first kappa shape index (κ1) is 8.50. The third kappa shape index (κ3) is 2.48. The molecular weight excluding hydrogens is 165 g/mol. The Morgan fingerprint density at radius 3 is 2.64 bits per heavy atom. The largest absolute Gasteiger partial charge is 0.330 e. The van der Waals surface area contributed by atoms with Crippen LogP contribution in [0, 0.1) is 5.82 Å². The average Bonchev–Trinajstić information content (AvgIpc) is 1.85. The molecule has 0 bridgehead atoms. The number of nitrogens with two attached hydrogens (primary N) is 1. The van der Waals surface area contributed by atoms with Crippen LogP contribution in [0.4, 0.5) is 4.39 Å². The summed E-state index contributed by atoms with van der Waals surface area (Å²) in [5, 5.41) is 0.424. The first-order valence-electron chi connectivity index (χ1n) is 3.37. The van der Waals surface area contributed by atoms with E-state index in [-0.39, 0.29) is 5.82 Å². The van der Waals surface area contributed by atoms with Crippen LogP contribution in [0.15, 0.2) is 18.2 Å². The third-order valence-electron chi connectivity index (χ3n) is 1.36. The molecule has 0 heterocycles. The molecule has 0 unspecified atom stereocenters. The zero-order valence-corrected chi connectivity index (χ0v) is 6.74. The quantitative estimate of drug-likeness (QED) is 0.727. The van der Waals surface area contributed by atoms with Gasteiger partial charge in [-0.05, 0) is 36.7 Å². The molecule has 0 atom stereocenters. The predicted octanol–water partition coefficient (Wildman–Crippen LogP) is 1.98. The van der Waals surface area contributed by atoms with E-state index in [0.717, 1.165) is 5.56 Å². The second-order valence-electron chi connectivity index (χ2n) is 2.32. The minimum Gasteiger partial charge on any atom is -0.330 e. The summed E-state index contributed by atoms with van der Waals surface area (Å²) in [7, 11) is 0. The number of hydrogen-bond acceptors (Lipinski definition) is 1. The molecule has 60 valence electrons. The lowest BCUT2D eigenvalue weighted by Gasteiger charge is -1.98. The molecule has 11 heavy (non-hydrogen) atoms. The zero-order valence-electron chi connectivity index (χ0n) is 5.98. The van der Waals surface area contributed by atoms with E-state index in [1.807, 2.05) is 0 Å². The molecule has 1 nitrogen and oxygen atoms in total. The van der Waals surface area contributed by atoms with E-state index in [2.05, 4.69) is 0 Å². The molecule has 0 fully saturated rings. The Kier molecular flexibility index (Phi) is 2.85. The van der Waals surface area contributed by atoms with Gasteiger partial charge >= 0.3 is 0 Å². The highest BCUT2D eigenvalue weighted by molar-refractivity contribution is 6.30. The highest BCUT2D eigenvalue weighted by atomic mass is 35.5. The number of benzene rings is 1. The number of hydrogen-bond donors (Lipinski definition) is 1. The van der Waals surface area contributed by atoms with Crippen LogP contribution in [0.2, 0.25) is 5.02 Å². The van der Waals surface area contributed by atoms with Crippen molar-refractivity contribution in [1.82, 2.24) is 0 Å². The van der Waals surface area contributed by atoms with Crippen LogP contribution >= 0.6 is 11.6 Å². The van der Waals surface area contributed by atoms with E-state index >= 15 is 0 Å². The van der Waals surface area contributed by atoms with Crippen molar-refractivity contribution >= 4 is 11.6 Å². The molecular formula is C8H9ClFN. The van der Waals surface area contributed by atoms with E-state index in [1.54, 1.807) is 6.07 Å². The molecule has 1 aromatic rings. The highest BCUT2D eigenvalue weighted by Gasteiger charge is 1.97. The maximum atomic E-state index is 12.6. The van der Waals surface area contributed by atoms with Crippen LogP contribution in [0.25, 0.3) is 0 Å². The van der Waals surface area contributed by atoms with Gasteiger partial charge in [-0.15, -0.1) is 0 Å². The standard InChI is InChI=1S/C8H9ClFN/c9-7-3-6(1-2-11)4-8(10)5-7/h3-5H,1-2,11H2. The van der Waals surface area contributed by atoms with Crippen molar-refractivity contribution in [2.45, 2.75) is 6.42 Å². The average molecular weight is 174 g/mol. The van der Waals surface area contributed by atoms with Gasteiger partial charge in [0.1, 0.15) is 5.82 Å². The SMILES string of the molecule is NCCc1cc(F)cc(Cl)c1. The van der Waals surface area contributed by atoms with Gasteiger partial charge in [0, 0.05) is 5.02 Å². The van der Waals surface area contributed by atoms with Gasteiger partial charge in [-0.25, -0.2) is 4.39 Å². The molecule has 3 heteroatoms. The fraction of sp³-hybridized carbons (Fsp3) is 0.250. The molecule has 0 saturated carbocycles. The van der Waals surface area contributed by atoms with Crippen LogP contribution in [0.1, 0.15) is 5.56 Å². The summed E-state index contributed by atoms with van der Waals surface area (Å²) in [6, 6.07) is 4.44. The highest BCUT2D eigenvalue weighted by Crippen LogP contribution is 2.13. The van der Waals surface area contributed by atoms with Gasteiger partial charge in [0.15, 0.2) is 0 Å². The van der Waals surface area contributed by atoms with Gasteiger partial charge in [-0.1, -0.05) is 11.6 Å². The van der Waals surface area contributed by atoms with E-state index in [9.17, 15) is 4.39 Å². The summed E-state index contributed by atoms with van der Waals surface area (Å²) in [5.74, 6) is -0.305. The molecule has 2 N–H and O–H groups in total. The maximum Gasteiger partial charge on any atom is 0.124 e. The van der Waals surface area contributed by atoms with Gasteiger partial charge in [-0.3, -0.25) is 0 Å². The van der Waals surface area contributed by atoms with Crippen LogP contribution < -0.4 is 5.73 Å². The zero-order chi connectivity index (χ0) is 8.27. The van der Waals surface area contributed by atoms with Crippen molar-refractivity contribution in [3.8, 4) is 0 Å². The van der Waals surface area contributed by atoms with Crippen molar-refractivity contribution in [3.05, 3.63) is 34.6 Å².